The lowest BCUT2D eigenvalue weighted by atomic mass is 10.0. The van der Waals surface area contributed by atoms with Crippen molar-refractivity contribution in [2.24, 2.45) is 5.73 Å². The summed E-state index contributed by atoms with van der Waals surface area (Å²) < 4.78 is 36.6. The summed E-state index contributed by atoms with van der Waals surface area (Å²) in [5, 5.41) is 9.16. The Kier molecular flexibility index (Phi) is 5.25. The average molecular weight is 256 g/mol. The molecule has 0 aliphatic rings. The van der Waals surface area contributed by atoms with E-state index >= 15 is 0 Å². The Bertz CT molecular complexity index is 324. The Hall–Kier alpha value is -0.780. The molecule has 0 spiro atoms. The zero-order valence-corrected chi connectivity index (χ0v) is 9.35. The van der Waals surface area contributed by atoms with Gasteiger partial charge >= 0.3 is 6.18 Å². The summed E-state index contributed by atoms with van der Waals surface area (Å²) in [5.41, 5.74) is 5.33. The molecule has 2 atom stereocenters. The van der Waals surface area contributed by atoms with E-state index in [9.17, 15) is 13.2 Å². The molecule has 6 heteroatoms. The van der Waals surface area contributed by atoms with Crippen molar-refractivity contribution in [2.45, 2.75) is 25.2 Å². The molecule has 0 aliphatic carbocycles. The monoisotopic (exact) mass is 255 g/mol. The van der Waals surface area contributed by atoms with Crippen molar-refractivity contribution < 1.29 is 18.3 Å². The third kappa shape index (κ3) is 3.66. The van der Waals surface area contributed by atoms with Crippen LogP contribution in [0.25, 0.3) is 0 Å². The van der Waals surface area contributed by atoms with Gasteiger partial charge in [0.25, 0.3) is 0 Å². The number of aliphatic hydroxyl groups excluding tert-OH is 1. The Morgan fingerprint density at radius 3 is 1.94 bits per heavy atom. The molecule has 0 aliphatic heterocycles. The van der Waals surface area contributed by atoms with Gasteiger partial charge in [0.1, 0.15) is 0 Å². The summed E-state index contributed by atoms with van der Waals surface area (Å²) in [6, 6.07) is 3.81. The lowest BCUT2D eigenvalue weighted by molar-refractivity contribution is -0.137. The maximum Gasteiger partial charge on any atom is 0.416 e. The quantitative estimate of drug-likeness (QED) is 0.853. The van der Waals surface area contributed by atoms with Gasteiger partial charge in [-0.05, 0) is 24.6 Å². The van der Waals surface area contributed by atoms with Crippen LogP contribution >= 0.6 is 12.4 Å². The summed E-state index contributed by atoms with van der Waals surface area (Å²) in [7, 11) is 0. The number of rotatable bonds is 2. The van der Waals surface area contributed by atoms with E-state index in [-0.39, 0.29) is 12.4 Å². The van der Waals surface area contributed by atoms with Crippen LogP contribution in [0.5, 0.6) is 0 Å². The van der Waals surface area contributed by atoms with Gasteiger partial charge in [0.05, 0.1) is 17.7 Å². The van der Waals surface area contributed by atoms with Gasteiger partial charge in [-0.2, -0.15) is 13.2 Å². The van der Waals surface area contributed by atoms with E-state index in [0.29, 0.717) is 5.56 Å². The first-order valence-electron chi connectivity index (χ1n) is 4.43. The molecule has 0 amide bonds. The first kappa shape index (κ1) is 15.2. The van der Waals surface area contributed by atoms with Crippen LogP contribution in [0.15, 0.2) is 24.3 Å². The highest BCUT2D eigenvalue weighted by Crippen LogP contribution is 2.29. The Labute approximate surface area is 97.7 Å². The van der Waals surface area contributed by atoms with Crippen molar-refractivity contribution >= 4 is 12.4 Å². The lowest BCUT2D eigenvalue weighted by Crippen LogP contribution is -2.23. The summed E-state index contributed by atoms with van der Waals surface area (Å²) in [6.07, 6.45) is -5.13. The van der Waals surface area contributed by atoms with Crippen LogP contribution < -0.4 is 5.73 Å². The molecule has 0 bridgehead atoms. The van der Waals surface area contributed by atoms with E-state index < -0.39 is 23.9 Å². The summed E-state index contributed by atoms with van der Waals surface area (Å²) in [4.78, 5) is 0. The Morgan fingerprint density at radius 1 is 1.19 bits per heavy atom. The van der Waals surface area contributed by atoms with Crippen molar-refractivity contribution in [1.82, 2.24) is 0 Å². The van der Waals surface area contributed by atoms with Crippen molar-refractivity contribution in [3.8, 4) is 0 Å². The highest BCUT2D eigenvalue weighted by atomic mass is 35.5. The first-order chi connectivity index (χ1) is 6.82. The zero-order valence-electron chi connectivity index (χ0n) is 8.53. The molecule has 16 heavy (non-hydrogen) atoms. The number of nitrogens with two attached hydrogens (primary N) is 1. The molecule has 3 N–H and O–H groups in total. The standard InChI is InChI=1S/C10H12F3NO.ClH/c1-6(15)9(14)7-2-4-8(5-3-7)10(11,12)13;/h2-6,9,15H,14H2,1H3;1H/t6-,9-;/m0./s1. The molecule has 0 radical (unpaired) electrons. The second kappa shape index (κ2) is 5.52. The van der Waals surface area contributed by atoms with E-state index in [1.165, 1.54) is 19.1 Å². The van der Waals surface area contributed by atoms with Gasteiger partial charge in [0.2, 0.25) is 0 Å². The molecular weight excluding hydrogens is 243 g/mol. The fraction of sp³-hybridized carbons (Fsp3) is 0.400. The van der Waals surface area contributed by atoms with Crippen LogP contribution in [0.4, 0.5) is 13.2 Å². The van der Waals surface area contributed by atoms with Crippen molar-refractivity contribution in [2.75, 3.05) is 0 Å². The molecule has 1 rings (SSSR count). The summed E-state index contributed by atoms with van der Waals surface area (Å²) >= 11 is 0. The predicted molar refractivity (Wildman–Crippen MR) is 57.3 cm³/mol. The van der Waals surface area contributed by atoms with E-state index in [1.807, 2.05) is 0 Å². The molecule has 0 fully saturated rings. The van der Waals surface area contributed by atoms with Crippen LogP contribution in [0, 0.1) is 0 Å². The summed E-state index contributed by atoms with van der Waals surface area (Å²) in [6.45, 7) is 1.49. The molecule has 1 aromatic carbocycles. The number of benzene rings is 1. The van der Waals surface area contributed by atoms with Gasteiger partial charge in [0, 0.05) is 0 Å². The largest absolute Gasteiger partial charge is 0.416 e. The van der Waals surface area contributed by atoms with Crippen LogP contribution in [0.3, 0.4) is 0 Å². The molecule has 92 valence electrons. The normalized spacial score (nSPS) is 15.1. The number of halogens is 4. The smallest absolute Gasteiger partial charge is 0.391 e. The van der Waals surface area contributed by atoms with Crippen LogP contribution in [0.2, 0.25) is 0 Å². The van der Waals surface area contributed by atoms with Crippen LogP contribution in [-0.4, -0.2) is 11.2 Å². The molecule has 0 unspecified atom stereocenters. The van der Waals surface area contributed by atoms with E-state index in [0.717, 1.165) is 12.1 Å². The van der Waals surface area contributed by atoms with Gasteiger partial charge in [0.15, 0.2) is 0 Å². The minimum absolute atomic E-state index is 0. The predicted octanol–water partition coefficient (Wildman–Crippen LogP) is 2.51. The second-order valence-corrected chi connectivity index (χ2v) is 3.39. The fourth-order valence-corrected chi connectivity index (χ4v) is 1.17. The molecule has 0 saturated heterocycles. The molecule has 0 heterocycles. The number of aliphatic hydroxyl groups is 1. The van der Waals surface area contributed by atoms with Crippen LogP contribution in [-0.2, 0) is 6.18 Å². The van der Waals surface area contributed by atoms with Gasteiger partial charge in [-0.15, -0.1) is 12.4 Å². The van der Waals surface area contributed by atoms with Crippen molar-refractivity contribution in [3.63, 3.8) is 0 Å². The van der Waals surface area contributed by atoms with E-state index in [4.69, 9.17) is 10.8 Å². The zero-order chi connectivity index (χ0) is 11.6. The minimum atomic E-state index is -4.34. The SMILES string of the molecule is C[C@H](O)[C@H](N)c1ccc(C(F)(F)F)cc1.Cl. The fourth-order valence-electron chi connectivity index (χ4n) is 1.17. The number of hydrogen-bond acceptors (Lipinski definition) is 2. The maximum absolute atomic E-state index is 12.2. The highest BCUT2D eigenvalue weighted by molar-refractivity contribution is 5.85. The Balaban J connectivity index is 0.00000225. The van der Waals surface area contributed by atoms with Gasteiger partial charge < -0.3 is 10.8 Å². The third-order valence-corrected chi connectivity index (χ3v) is 2.14. The van der Waals surface area contributed by atoms with Crippen molar-refractivity contribution in [1.29, 1.82) is 0 Å². The van der Waals surface area contributed by atoms with E-state index in [1.54, 1.807) is 0 Å². The van der Waals surface area contributed by atoms with E-state index in [2.05, 4.69) is 0 Å². The number of hydrogen-bond donors (Lipinski definition) is 2. The lowest BCUT2D eigenvalue weighted by Gasteiger charge is -2.15. The number of alkyl halides is 3. The third-order valence-electron chi connectivity index (χ3n) is 2.14. The molecular formula is C10H13ClF3NO. The average Bonchev–Trinajstić information content (AvgIpc) is 2.15. The van der Waals surface area contributed by atoms with Gasteiger partial charge in [-0.25, -0.2) is 0 Å². The van der Waals surface area contributed by atoms with Crippen LogP contribution in [0.1, 0.15) is 24.1 Å². The highest BCUT2D eigenvalue weighted by Gasteiger charge is 2.30. The first-order valence-corrected chi connectivity index (χ1v) is 4.43. The van der Waals surface area contributed by atoms with Gasteiger partial charge in [-0.3, -0.25) is 0 Å². The summed E-state index contributed by atoms with van der Waals surface area (Å²) in [5.74, 6) is 0. The van der Waals surface area contributed by atoms with Crippen molar-refractivity contribution in [3.05, 3.63) is 35.4 Å². The Morgan fingerprint density at radius 2 is 1.62 bits per heavy atom. The molecule has 2 nitrogen and oxygen atoms in total. The maximum atomic E-state index is 12.2. The topological polar surface area (TPSA) is 46.2 Å². The molecule has 0 saturated carbocycles. The minimum Gasteiger partial charge on any atom is -0.391 e. The van der Waals surface area contributed by atoms with Gasteiger partial charge in [-0.1, -0.05) is 12.1 Å². The molecule has 0 aromatic heterocycles. The molecule has 1 aromatic rings. The second-order valence-electron chi connectivity index (χ2n) is 3.39.